The van der Waals surface area contributed by atoms with Gasteiger partial charge in [-0.15, -0.1) is 0 Å². The standard InChI is InChI=1S/C17H35N3/c1-5-9-18-16-15(7-6-8-17(16,2)3)14-20-12-10-19(4)11-13-20/h15-16,18H,5-14H2,1-4H3. The summed E-state index contributed by atoms with van der Waals surface area (Å²) in [5, 5.41) is 3.87. The van der Waals surface area contributed by atoms with Crippen molar-refractivity contribution in [2.45, 2.75) is 52.5 Å². The summed E-state index contributed by atoms with van der Waals surface area (Å²) in [6.07, 6.45) is 5.45. The highest BCUT2D eigenvalue weighted by molar-refractivity contribution is 4.94. The van der Waals surface area contributed by atoms with Gasteiger partial charge in [0.2, 0.25) is 0 Å². The number of hydrogen-bond donors (Lipinski definition) is 1. The van der Waals surface area contributed by atoms with Crippen molar-refractivity contribution in [1.29, 1.82) is 0 Å². The van der Waals surface area contributed by atoms with Crippen molar-refractivity contribution >= 4 is 0 Å². The number of hydrogen-bond acceptors (Lipinski definition) is 3. The molecule has 1 aliphatic heterocycles. The van der Waals surface area contributed by atoms with Gasteiger partial charge in [-0.05, 0) is 44.2 Å². The van der Waals surface area contributed by atoms with E-state index in [1.54, 1.807) is 0 Å². The van der Waals surface area contributed by atoms with Gasteiger partial charge in [0, 0.05) is 38.8 Å². The van der Waals surface area contributed by atoms with E-state index in [0.29, 0.717) is 11.5 Å². The number of likely N-dealkylation sites (N-methyl/N-ethyl adjacent to an activating group) is 1. The molecule has 0 amide bonds. The van der Waals surface area contributed by atoms with Crippen LogP contribution in [0.1, 0.15) is 46.5 Å². The Balaban J connectivity index is 1.92. The van der Waals surface area contributed by atoms with Crippen molar-refractivity contribution in [1.82, 2.24) is 15.1 Å². The normalized spacial score (nSPS) is 32.4. The number of nitrogens with one attached hydrogen (secondary N) is 1. The smallest absolute Gasteiger partial charge is 0.0159 e. The van der Waals surface area contributed by atoms with Crippen LogP contribution in [0.15, 0.2) is 0 Å². The third-order valence-corrected chi connectivity index (χ3v) is 5.41. The van der Waals surface area contributed by atoms with Gasteiger partial charge in [0.1, 0.15) is 0 Å². The summed E-state index contributed by atoms with van der Waals surface area (Å²) < 4.78 is 0. The number of nitrogens with zero attached hydrogens (tertiary/aromatic N) is 2. The summed E-state index contributed by atoms with van der Waals surface area (Å²) in [4.78, 5) is 5.15. The van der Waals surface area contributed by atoms with Crippen LogP contribution in [0.4, 0.5) is 0 Å². The summed E-state index contributed by atoms with van der Waals surface area (Å²) in [6.45, 7) is 14.7. The summed E-state index contributed by atoms with van der Waals surface area (Å²) in [5.74, 6) is 0.841. The van der Waals surface area contributed by atoms with E-state index in [1.807, 2.05) is 0 Å². The van der Waals surface area contributed by atoms with E-state index >= 15 is 0 Å². The molecule has 2 atom stereocenters. The number of piperazine rings is 1. The minimum Gasteiger partial charge on any atom is -0.313 e. The maximum atomic E-state index is 3.87. The van der Waals surface area contributed by atoms with Crippen LogP contribution in [0.2, 0.25) is 0 Å². The number of rotatable bonds is 5. The molecule has 2 rings (SSSR count). The van der Waals surface area contributed by atoms with E-state index in [9.17, 15) is 0 Å². The molecule has 2 aliphatic rings. The van der Waals surface area contributed by atoms with Crippen LogP contribution < -0.4 is 5.32 Å². The highest BCUT2D eigenvalue weighted by Crippen LogP contribution is 2.39. The summed E-state index contributed by atoms with van der Waals surface area (Å²) in [7, 11) is 2.24. The molecular formula is C17H35N3. The average Bonchev–Trinajstić information content (AvgIpc) is 2.40. The lowest BCUT2D eigenvalue weighted by Crippen LogP contribution is -2.55. The molecular weight excluding hydrogens is 246 g/mol. The highest BCUT2D eigenvalue weighted by atomic mass is 15.2. The molecule has 20 heavy (non-hydrogen) atoms. The zero-order valence-corrected chi connectivity index (χ0v) is 14.1. The van der Waals surface area contributed by atoms with Gasteiger partial charge in [-0.2, -0.15) is 0 Å². The lowest BCUT2D eigenvalue weighted by molar-refractivity contribution is 0.0620. The molecule has 0 spiro atoms. The van der Waals surface area contributed by atoms with Crippen LogP contribution in [0.3, 0.4) is 0 Å². The summed E-state index contributed by atoms with van der Waals surface area (Å²) in [6, 6.07) is 0.704. The van der Waals surface area contributed by atoms with E-state index in [1.165, 1.54) is 65.0 Å². The summed E-state index contributed by atoms with van der Waals surface area (Å²) >= 11 is 0. The molecule has 2 fully saturated rings. The zero-order chi connectivity index (χ0) is 14.6. The van der Waals surface area contributed by atoms with Crippen LogP contribution >= 0.6 is 0 Å². The third-order valence-electron chi connectivity index (χ3n) is 5.41. The first kappa shape index (κ1) is 16.3. The first-order chi connectivity index (χ1) is 9.53. The Morgan fingerprint density at radius 1 is 1.15 bits per heavy atom. The molecule has 3 nitrogen and oxygen atoms in total. The monoisotopic (exact) mass is 281 g/mol. The minimum absolute atomic E-state index is 0.463. The fourth-order valence-corrected chi connectivity index (χ4v) is 4.08. The van der Waals surface area contributed by atoms with Crippen LogP contribution in [-0.4, -0.2) is 62.2 Å². The average molecular weight is 281 g/mol. The van der Waals surface area contributed by atoms with Crippen LogP contribution in [0.25, 0.3) is 0 Å². The van der Waals surface area contributed by atoms with Gasteiger partial charge in [0.25, 0.3) is 0 Å². The Morgan fingerprint density at radius 2 is 1.85 bits per heavy atom. The molecule has 0 radical (unpaired) electrons. The Kier molecular flexibility index (Phi) is 5.88. The predicted molar refractivity (Wildman–Crippen MR) is 87.1 cm³/mol. The van der Waals surface area contributed by atoms with Gasteiger partial charge >= 0.3 is 0 Å². The molecule has 1 aliphatic carbocycles. The largest absolute Gasteiger partial charge is 0.313 e. The second-order valence-corrected chi connectivity index (χ2v) is 7.68. The third kappa shape index (κ3) is 4.19. The lowest BCUT2D eigenvalue weighted by Gasteiger charge is -2.47. The fraction of sp³-hybridized carbons (Fsp3) is 1.00. The van der Waals surface area contributed by atoms with Gasteiger partial charge in [-0.1, -0.05) is 27.2 Å². The van der Waals surface area contributed by atoms with Crippen LogP contribution in [0.5, 0.6) is 0 Å². The second kappa shape index (κ2) is 7.24. The van der Waals surface area contributed by atoms with Crippen molar-refractivity contribution in [3.63, 3.8) is 0 Å². The van der Waals surface area contributed by atoms with Crippen molar-refractivity contribution < 1.29 is 0 Å². The van der Waals surface area contributed by atoms with E-state index in [4.69, 9.17) is 0 Å². The van der Waals surface area contributed by atoms with E-state index < -0.39 is 0 Å². The molecule has 0 bridgehead atoms. The molecule has 1 N–H and O–H groups in total. The highest BCUT2D eigenvalue weighted by Gasteiger charge is 2.39. The van der Waals surface area contributed by atoms with Crippen molar-refractivity contribution in [2.24, 2.45) is 11.3 Å². The van der Waals surface area contributed by atoms with Crippen molar-refractivity contribution in [2.75, 3.05) is 46.3 Å². The van der Waals surface area contributed by atoms with Gasteiger partial charge in [0.05, 0.1) is 0 Å². The maximum absolute atomic E-state index is 3.87. The Morgan fingerprint density at radius 3 is 2.50 bits per heavy atom. The minimum atomic E-state index is 0.463. The second-order valence-electron chi connectivity index (χ2n) is 7.68. The Labute approximate surface area is 126 Å². The predicted octanol–water partition coefficient (Wildman–Crippen LogP) is 2.43. The van der Waals surface area contributed by atoms with Gasteiger partial charge in [0.15, 0.2) is 0 Å². The van der Waals surface area contributed by atoms with E-state index in [-0.39, 0.29) is 0 Å². The topological polar surface area (TPSA) is 18.5 Å². The fourth-order valence-electron chi connectivity index (χ4n) is 4.08. The molecule has 0 aromatic heterocycles. The van der Waals surface area contributed by atoms with E-state index in [2.05, 4.69) is 42.9 Å². The van der Waals surface area contributed by atoms with Crippen LogP contribution in [-0.2, 0) is 0 Å². The first-order valence-electron chi connectivity index (χ1n) is 8.67. The van der Waals surface area contributed by atoms with Crippen molar-refractivity contribution in [3.8, 4) is 0 Å². The van der Waals surface area contributed by atoms with Gasteiger partial charge in [-0.25, -0.2) is 0 Å². The molecule has 2 unspecified atom stereocenters. The molecule has 1 saturated heterocycles. The Hall–Kier alpha value is -0.120. The molecule has 1 heterocycles. The van der Waals surface area contributed by atoms with Crippen molar-refractivity contribution in [3.05, 3.63) is 0 Å². The molecule has 3 heteroatoms. The molecule has 118 valence electrons. The molecule has 0 aromatic carbocycles. The summed E-state index contributed by atoms with van der Waals surface area (Å²) in [5.41, 5.74) is 0.463. The lowest BCUT2D eigenvalue weighted by atomic mass is 9.67. The zero-order valence-electron chi connectivity index (χ0n) is 14.1. The van der Waals surface area contributed by atoms with E-state index in [0.717, 1.165) is 5.92 Å². The van der Waals surface area contributed by atoms with Gasteiger partial charge < -0.3 is 15.1 Å². The van der Waals surface area contributed by atoms with Crippen LogP contribution in [0, 0.1) is 11.3 Å². The maximum Gasteiger partial charge on any atom is 0.0159 e. The first-order valence-corrected chi connectivity index (χ1v) is 8.67. The van der Waals surface area contributed by atoms with Gasteiger partial charge in [-0.3, -0.25) is 0 Å². The molecule has 0 aromatic rings. The quantitative estimate of drug-likeness (QED) is 0.835. The SMILES string of the molecule is CCCNC1C(CN2CCN(C)CC2)CCCC1(C)C. The molecule has 1 saturated carbocycles. The Bertz CT molecular complexity index is 282.